The molecule has 1 aliphatic heterocycles. The Bertz CT molecular complexity index is 80.1. The van der Waals surface area contributed by atoms with Crippen LogP contribution in [0.25, 0.3) is 0 Å². The van der Waals surface area contributed by atoms with Gasteiger partial charge in [0, 0.05) is 6.54 Å². The van der Waals surface area contributed by atoms with Gasteiger partial charge in [-0.1, -0.05) is 11.9 Å². The van der Waals surface area contributed by atoms with E-state index in [2.05, 4.69) is 4.31 Å². The average Bonchev–Trinajstić information content (AvgIpc) is 1.85. The van der Waals surface area contributed by atoms with Gasteiger partial charge in [-0.05, 0) is 7.05 Å². The molecule has 0 aromatic carbocycles. The van der Waals surface area contributed by atoms with Gasteiger partial charge in [-0.15, -0.1) is 23.2 Å². The number of alkyl halides is 2. The summed E-state index contributed by atoms with van der Waals surface area (Å²) in [5.41, 5.74) is 0. The molecule has 8 heavy (non-hydrogen) atoms. The minimum Gasteiger partial charge on any atom is -0.251 e. The zero-order chi connectivity index (χ0) is 6.15. The van der Waals surface area contributed by atoms with Crippen molar-refractivity contribution in [2.75, 3.05) is 13.6 Å². The van der Waals surface area contributed by atoms with E-state index in [1.807, 2.05) is 7.05 Å². The molecule has 1 nitrogen and oxygen atoms in total. The van der Waals surface area contributed by atoms with Crippen LogP contribution in [0.3, 0.4) is 0 Å². The molecule has 0 spiro atoms. The number of hydrogen-bond acceptors (Lipinski definition) is 2. The monoisotopic (exact) mass is 171 g/mol. The zero-order valence-corrected chi connectivity index (χ0v) is 6.80. The van der Waals surface area contributed by atoms with Crippen LogP contribution in [0, 0.1) is 0 Å². The van der Waals surface area contributed by atoms with E-state index in [9.17, 15) is 0 Å². The van der Waals surface area contributed by atoms with Gasteiger partial charge >= 0.3 is 0 Å². The van der Waals surface area contributed by atoms with Crippen molar-refractivity contribution < 1.29 is 0 Å². The molecule has 48 valence electrons. The fourth-order valence-corrected chi connectivity index (χ4v) is 2.33. The smallest absolute Gasteiger partial charge is 0.111 e. The number of halogens is 2. The van der Waals surface area contributed by atoms with Crippen LogP contribution in [-0.4, -0.2) is 28.0 Å². The first kappa shape index (κ1) is 7.00. The summed E-state index contributed by atoms with van der Waals surface area (Å²) in [7, 11) is 1.99. The van der Waals surface area contributed by atoms with Gasteiger partial charge in [0.1, 0.15) is 4.71 Å². The Morgan fingerprint density at radius 2 is 2.25 bits per heavy atom. The predicted octanol–water partition coefficient (Wildman–Crippen LogP) is 1.75. The normalized spacial score (nSPS) is 40.9. The fraction of sp³-hybridized carbons (Fsp3) is 1.00. The van der Waals surface area contributed by atoms with Gasteiger partial charge in [-0.25, -0.2) is 0 Å². The Hall–Kier alpha value is 0.890. The van der Waals surface area contributed by atoms with Crippen molar-refractivity contribution in [3.05, 3.63) is 0 Å². The van der Waals surface area contributed by atoms with Crippen molar-refractivity contribution >= 4 is 35.1 Å². The molecule has 2 unspecified atom stereocenters. The highest BCUT2D eigenvalue weighted by Crippen LogP contribution is 2.32. The summed E-state index contributed by atoms with van der Waals surface area (Å²) < 4.78 is 2.12. The molecule has 1 aliphatic rings. The van der Waals surface area contributed by atoms with Gasteiger partial charge in [-0.2, -0.15) is 0 Å². The second-order valence-electron chi connectivity index (χ2n) is 1.78. The number of rotatable bonds is 0. The van der Waals surface area contributed by atoms with Crippen LogP contribution in [0.5, 0.6) is 0 Å². The van der Waals surface area contributed by atoms with Crippen LogP contribution in [-0.2, 0) is 0 Å². The van der Waals surface area contributed by atoms with Crippen LogP contribution in [0.2, 0.25) is 0 Å². The molecular weight excluding hydrogens is 165 g/mol. The molecule has 1 heterocycles. The lowest BCUT2D eigenvalue weighted by atomic mass is 10.5. The molecule has 4 heteroatoms. The largest absolute Gasteiger partial charge is 0.251 e. The minimum atomic E-state index is 0.0710. The highest BCUT2D eigenvalue weighted by Gasteiger charge is 2.27. The van der Waals surface area contributed by atoms with E-state index < -0.39 is 0 Å². The topological polar surface area (TPSA) is 3.24 Å². The van der Waals surface area contributed by atoms with Crippen molar-refractivity contribution in [1.82, 2.24) is 4.31 Å². The SMILES string of the molecule is CN1CC(Cl)C(Cl)S1. The summed E-state index contributed by atoms with van der Waals surface area (Å²) in [4.78, 5) is 0. The predicted molar refractivity (Wildman–Crippen MR) is 39.5 cm³/mol. The quantitative estimate of drug-likeness (QED) is 0.404. The minimum absolute atomic E-state index is 0.0710. The lowest BCUT2D eigenvalue weighted by Crippen LogP contribution is -2.11. The van der Waals surface area contributed by atoms with E-state index in [-0.39, 0.29) is 10.1 Å². The molecule has 0 saturated carbocycles. The molecule has 1 rings (SSSR count). The Labute approximate surface area is 63.5 Å². The van der Waals surface area contributed by atoms with Crippen molar-refractivity contribution in [2.45, 2.75) is 10.1 Å². The van der Waals surface area contributed by atoms with Gasteiger partial charge in [0.05, 0.1) is 5.38 Å². The Balaban J connectivity index is 2.39. The fourth-order valence-electron chi connectivity index (χ4n) is 0.609. The van der Waals surface area contributed by atoms with Crippen molar-refractivity contribution in [2.24, 2.45) is 0 Å². The van der Waals surface area contributed by atoms with E-state index in [1.54, 1.807) is 11.9 Å². The highest BCUT2D eigenvalue weighted by atomic mass is 35.5. The first-order valence-electron chi connectivity index (χ1n) is 2.36. The van der Waals surface area contributed by atoms with Crippen molar-refractivity contribution in [3.63, 3.8) is 0 Å². The molecule has 0 radical (unpaired) electrons. The van der Waals surface area contributed by atoms with E-state index in [0.717, 1.165) is 6.54 Å². The molecular formula is C4H7Cl2NS. The average molecular weight is 172 g/mol. The molecule has 0 aromatic rings. The van der Waals surface area contributed by atoms with Gasteiger partial charge in [0.2, 0.25) is 0 Å². The summed E-state index contributed by atoms with van der Waals surface area (Å²) in [6.07, 6.45) is 0. The molecule has 0 bridgehead atoms. The van der Waals surface area contributed by atoms with Crippen molar-refractivity contribution in [1.29, 1.82) is 0 Å². The standard InChI is InChI=1S/C4H7Cl2NS/c1-7-2-3(5)4(6)8-7/h3-4H,2H2,1H3. The van der Waals surface area contributed by atoms with E-state index in [4.69, 9.17) is 23.2 Å². The molecule has 2 atom stereocenters. The second-order valence-corrected chi connectivity index (χ2v) is 4.41. The molecule has 0 aliphatic carbocycles. The second kappa shape index (κ2) is 2.65. The van der Waals surface area contributed by atoms with Gasteiger partial charge < -0.3 is 0 Å². The van der Waals surface area contributed by atoms with Crippen LogP contribution in [0.1, 0.15) is 0 Å². The van der Waals surface area contributed by atoms with Crippen LogP contribution < -0.4 is 0 Å². The van der Waals surface area contributed by atoms with E-state index in [1.165, 1.54) is 0 Å². The summed E-state index contributed by atoms with van der Waals surface area (Å²) in [6, 6.07) is 0. The molecule has 0 amide bonds. The van der Waals surface area contributed by atoms with Crippen LogP contribution in [0.4, 0.5) is 0 Å². The van der Waals surface area contributed by atoms with E-state index >= 15 is 0 Å². The third-order valence-corrected chi connectivity index (χ3v) is 3.25. The van der Waals surface area contributed by atoms with Crippen LogP contribution in [0.15, 0.2) is 0 Å². The maximum atomic E-state index is 5.76. The molecule has 1 saturated heterocycles. The molecule has 0 N–H and O–H groups in total. The molecule has 1 fully saturated rings. The van der Waals surface area contributed by atoms with Crippen molar-refractivity contribution in [3.8, 4) is 0 Å². The van der Waals surface area contributed by atoms with Gasteiger partial charge in [-0.3, -0.25) is 4.31 Å². The van der Waals surface area contributed by atoms with Crippen LogP contribution >= 0.6 is 35.1 Å². The third-order valence-electron chi connectivity index (χ3n) is 0.997. The summed E-state index contributed by atoms with van der Waals surface area (Å²) in [6.45, 7) is 0.889. The summed E-state index contributed by atoms with van der Waals surface area (Å²) in [5.74, 6) is 0. The summed E-state index contributed by atoms with van der Waals surface area (Å²) in [5, 5.41) is 0.117. The van der Waals surface area contributed by atoms with E-state index in [0.29, 0.717) is 0 Å². The summed E-state index contributed by atoms with van der Waals surface area (Å²) >= 11 is 13.1. The lowest BCUT2D eigenvalue weighted by molar-refractivity contribution is 0.598. The van der Waals surface area contributed by atoms with Gasteiger partial charge in [0.15, 0.2) is 0 Å². The maximum absolute atomic E-state index is 5.76. The first-order chi connectivity index (χ1) is 3.70. The number of nitrogens with zero attached hydrogens (tertiary/aromatic N) is 1. The molecule has 0 aromatic heterocycles. The third kappa shape index (κ3) is 1.44. The Morgan fingerprint density at radius 1 is 1.62 bits per heavy atom. The first-order valence-corrected chi connectivity index (χ1v) is 4.07. The zero-order valence-electron chi connectivity index (χ0n) is 4.47. The van der Waals surface area contributed by atoms with Gasteiger partial charge in [0.25, 0.3) is 0 Å². The lowest BCUT2D eigenvalue weighted by Gasteiger charge is -2.00. The Kier molecular flexibility index (Phi) is 2.32. The number of hydrogen-bond donors (Lipinski definition) is 0. The highest BCUT2D eigenvalue weighted by molar-refractivity contribution is 7.99. The maximum Gasteiger partial charge on any atom is 0.111 e. The Morgan fingerprint density at radius 3 is 2.38 bits per heavy atom.